The van der Waals surface area contributed by atoms with Crippen LogP contribution < -0.4 is 5.32 Å². The van der Waals surface area contributed by atoms with Gasteiger partial charge in [-0.05, 0) is 32.1 Å². The lowest BCUT2D eigenvalue weighted by molar-refractivity contribution is 0.00370. The minimum absolute atomic E-state index is 0.383. The molecular weight excluding hydrogens is 220 g/mol. The molecule has 0 aromatic heterocycles. The molecule has 108 valence electrons. The lowest BCUT2D eigenvalue weighted by Crippen LogP contribution is -2.64. The van der Waals surface area contributed by atoms with Crippen LogP contribution in [0.5, 0.6) is 0 Å². The Kier molecular flexibility index (Phi) is 6.13. The topological polar surface area (TPSA) is 15.3 Å². The molecule has 1 N–H and O–H groups in total. The lowest BCUT2D eigenvalue weighted by Gasteiger charge is -2.51. The summed E-state index contributed by atoms with van der Waals surface area (Å²) in [5.41, 5.74) is 0.383. The fourth-order valence-corrected chi connectivity index (χ4v) is 3.17. The summed E-state index contributed by atoms with van der Waals surface area (Å²) in [6.07, 6.45) is 5.05. The van der Waals surface area contributed by atoms with E-state index in [9.17, 15) is 0 Å². The van der Waals surface area contributed by atoms with Crippen LogP contribution in [0.1, 0.15) is 67.2 Å². The summed E-state index contributed by atoms with van der Waals surface area (Å²) < 4.78 is 0. The normalized spacial score (nSPS) is 28.3. The monoisotopic (exact) mass is 254 g/mol. The van der Waals surface area contributed by atoms with Crippen LogP contribution in [0.15, 0.2) is 0 Å². The maximum Gasteiger partial charge on any atom is 0.0224 e. The Morgan fingerprint density at radius 1 is 1.22 bits per heavy atom. The maximum absolute atomic E-state index is 3.78. The summed E-state index contributed by atoms with van der Waals surface area (Å²) >= 11 is 0. The van der Waals surface area contributed by atoms with E-state index in [0.29, 0.717) is 11.6 Å². The summed E-state index contributed by atoms with van der Waals surface area (Å²) in [6.45, 7) is 16.6. The van der Waals surface area contributed by atoms with Crippen LogP contribution in [0.4, 0.5) is 0 Å². The molecule has 0 spiro atoms. The van der Waals surface area contributed by atoms with Crippen molar-refractivity contribution in [3.63, 3.8) is 0 Å². The van der Waals surface area contributed by atoms with Gasteiger partial charge in [-0.25, -0.2) is 0 Å². The largest absolute Gasteiger partial charge is 0.311 e. The van der Waals surface area contributed by atoms with Gasteiger partial charge < -0.3 is 5.32 Å². The number of rotatable bonds is 6. The molecule has 0 amide bonds. The molecule has 2 heteroatoms. The Labute approximate surface area is 115 Å². The first-order valence-electron chi connectivity index (χ1n) is 8.02. The van der Waals surface area contributed by atoms with E-state index in [2.05, 4.69) is 51.8 Å². The molecule has 0 aromatic carbocycles. The molecule has 18 heavy (non-hydrogen) atoms. The van der Waals surface area contributed by atoms with Crippen molar-refractivity contribution in [3.8, 4) is 0 Å². The molecule has 3 unspecified atom stereocenters. The Hall–Kier alpha value is -0.0800. The Bertz CT molecular complexity index is 235. The predicted octanol–water partition coefficient (Wildman–Crippen LogP) is 3.66. The summed E-state index contributed by atoms with van der Waals surface area (Å²) in [6, 6.07) is 1.39. The van der Waals surface area contributed by atoms with Gasteiger partial charge in [0.15, 0.2) is 0 Å². The molecule has 0 radical (unpaired) electrons. The molecule has 0 saturated carbocycles. The Balaban J connectivity index is 2.82. The third-order valence-electron chi connectivity index (χ3n) is 5.47. The van der Waals surface area contributed by atoms with Gasteiger partial charge >= 0.3 is 0 Å². The maximum atomic E-state index is 3.78. The summed E-state index contributed by atoms with van der Waals surface area (Å²) in [4.78, 5) is 2.81. The standard InChI is InChI=1S/C16H34N2/c1-7-13(5)15-12-18(14(8-2)11-17-15)16(6,9-3)10-4/h13-15,17H,7-12H2,1-6H3. The van der Waals surface area contributed by atoms with Crippen molar-refractivity contribution in [3.05, 3.63) is 0 Å². The van der Waals surface area contributed by atoms with Gasteiger partial charge in [0.1, 0.15) is 0 Å². The van der Waals surface area contributed by atoms with Gasteiger partial charge in [0, 0.05) is 30.7 Å². The minimum atomic E-state index is 0.383. The van der Waals surface area contributed by atoms with Crippen LogP contribution in [-0.4, -0.2) is 35.6 Å². The first kappa shape index (κ1) is 16.0. The Morgan fingerprint density at radius 3 is 2.28 bits per heavy atom. The van der Waals surface area contributed by atoms with E-state index < -0.39 is 0 Å². The van der Waals surface area contributed by atoms with Gasteiger partial charge in [-0.2, -0.15) is 0 Å². The zero-order valence-electron chi connectivity index (χ0n) is 13.4. The second kappa shape index (κ2) is 6.91. The van der Waals surface area contributed by atoms with Crippen molar-refractivity contribution < 1.29 is 0 Å². The predicted molar refractivity (Wildman–Crippen MR) is 81.0 cm³/mol. The molecule has 1 aliphatic heterocycles. The van der Waals surface area contributed by atoms with Crippen molar-refractivity contribution in [1.82, 2.24) is 10.2 Å². The van der Waals surface area contributed by atoms with E-state index in [1.54, 1.807) is 0 Å². The molecule has 1 rings (SSSR count). The number of piperazine rings is 1. The average Bonchev–Trinajstić information content (AvgIpc) is 2.44. The van der Waals surface area contributed by atoms with Crippen LogP contribution in [0, 0.1) is 5.92 Å². The first-order valence-corrected chi connectivity index (χ1v) is 8.02. The second-order valence-corrected chi connectivity index (χ2v) is 6.32. The van der Waals surface area contributed by atoms with Crippen molar-refractivity contribution in [2.45, 2.75) is 84.8 Å². The molecule has 2 nitrogen and oxygen atoms in total. The molecular formula is C16H34N2. The SMILES string of the molecule is CCC(C)C1CN(C(C)(CC)CC)C(CC)CN1. The average molecular weight is 254 g/mol. The number of hydrogen-bond acceptors (Lipinski definition) is 2. The highest BCUT2D eigenvalue weighted by atomic mass is 15.3. The first-order chi connectivity index (χ1) is 8.52. The van der Waals surface area contributed by atoms with Gasteiger partial charge in [-0.1, -0.05) is 41.0 Å². The fraction of sp³-hybridized carbons (Fsp3) is 1.00. The van der Waals surface area contributed by atoms with E-state index in [1.807, 2.05) is 0 Å². The third kappa shape index (κ3) is 3.27. The van der Waals surface area contributed by atoms with Gasteiger partial charge in [-0.3, -0.25) is 4.90 Å². The highest BCUT2D eigenvalue weighted by molar-refractivity contribution is 4.96. The number of hydrogen-bond donors (Lipinski definition) is 1. The smallest absolute Gasteiger partial charge is 0.0224 e. The fourth-order valence-electron chi connectivity index (χ4n) is 3.17. The molecule has 0 aromatic rings. The van der Waals surface area contributed by atoms with E-state index >= 15 is 0 Å². The lowest BCUT2D eigenvalue weighted by atomic mass is 9.86. The summed E-state index contributed by atoms with van der Waals surface area (Å²) in [5.74, 6) is 0.781. The minimum Gasteiger partial charge on any atom is -0.311 e. The van der Waals surface area contributed by atoms with E-state index in [4.69, 9.17) is 0 Å². The second-order valence-electron chi connectivity index (χ2n) is 6.32. The summed E-state index contributed by atoms with van der Waals surface area (Å²) in [5, 5.41) is 3.78. The van der Waals surface area contributed by atoms with Crippen molar-refractivity contribution in [1.29, 1.82) is 0 Å². The Morgan fingerprint density at radius 2 is 1.83 bits per heavy atom. The third-order valence-corrected chi connectivity index (χ3v) is 5.47. The molecule has 1 fully saturated rings. The zero-order chi connectivity index (χ0) is 13.8. The molecule has 0 aliphatic carbocycles. The zero-order valence-corrected chi connectivity index (χ0v) is 13.4. The summed E-state index contributed by atoms with van der Waals surface area (Å²) in [7, 11) is 0. The van der Waals surface area contributed by atoms with Gasteiger partial charge in [-0.15, -0.1) is 0 Å². The van der Waals surface area contributed by atoms with E-state index in [-0.39, 0.29) is 0 Å². The van der Waals surface area contributed by atoms with E-state index in [0.717, 1.165) is 12.0 Å². The van der Waals surface area contributed by atoms with Crippen LogP contribution >= 0.6 is 0 Å². The quantitative estimate of drug-likeness (QED) is 0.778. The highest BCUT2D eigenvalue weighted by Crippen LogP contribution is 2.30. The van der Waals surface area contributed by atoms with Crippen molar-refractivity contribution in [2.75, 3.05) is 13.1 Å². The van der Waals surface area contributed by atoms with Crippen molar-refractivity contribution in [2.24, 2.45) is 5.92 Å². The van der Waals surface area contributed by atoms with Crippen LogP contribution in [0.25, 0.3) is 0 Å². The van der Waals surface area contributed by atoms with Gasteiger partial charge in [0.2, 0.25) is 0 Å². The molecule has 1 heterocycles. The molecule has 3 atom stereocenters. The van der Waals surface area contributed by atoms with Crippen LogP contribution in [0.2, 0.25) is 0 Å². The van der Waals surface area contributed by atoms with Gasteiger partial charge in [0.05, 0.1) is 0 Å². The molecule has 0 bridgehead atoms. The van der Waals surface area contributed by atoms with E-state index in [1.165, 1.54) is 38.8 Å². The van der Waals surface area contributed by atoms with Crippen LogP contribution in [-0.2, 0) is 0 Å². The molecule has 1 saturated heterocycles. The van der Waals surface area contributed by atoms with Crippen molar-refractivity contribution >= 4 is 0 Å². The molecule has 1 aliphatic rings. The number of nitrogens with zero attached hydrogens (tertiary/aromatic N) is 1. The highest BCUT2D eigenvalue weighted by Gasteiger charge is 2.38. The van der Waals surface area contributed by atoms with Crippen LogP contribution in [0.3, 0.4) is 0 Å². The van der Waals surface area contributed by atoms with Gasteiger partial charge in [0.25, 0.3) is 0 Å². The number of nitrogens with one attached hydrogen (secondary N) is 1.